The molecule has 0 aliphatic carbocycles. The van der Waals surface area contributed by atoms with Crippen LogP contribution in [0.2, 0.25) is 0 Å². The van der Waals surface area contributed by atoms with Crippen LogP contribution in [-0.2, 0) is 6.61 Å². The lowest BCUT2D eigenvalue weighted by Crippen LogP contribution is -2.38. The fourth-order valence-electron chi connectivity index (χ4n) is 2.73. The number of hydrogen-bond donors (Lipinski definition) is 1. The van der Waals surface area contributed by atoms with Gasteiger partial charge in [0.1, 0.15) is 5.82 Å². The Labute approximate surface area is 108 Å². The van der Waals surface area contributed by atoms with Gasteiger partial charge in [-0.05, 0) is 45.1 Å². The van der Waals surface area contributed by atoms with E-state index in [1.807, 2.05) is 0 Å². The number of halogens is 1. The molecule has 0 radical (unpaired) electrons. The normalized spacial score (nSPS) is 19.8. The predicted octanol–water partition coefficient (Wildman–Crippen LogP) is 1.85. The van der Waals surface area contributed by atoms with Crippen molar-refractivity contribution in [1.82, 2.24) is 4.90 Å². The molecule has 1 saturated heterocycles. The molecule has 1 aromatic carbocycles. The summed E-state index contributed by atoms with van der Waals surface area (Å²) in [6.07, 6.45) is 2.31. The number of aliphatic hydroxyl groups excluding tert-OH is 1. The minimum atomic E-state index is -0.286. The highest BCUT2D eigenvalue weighted by Gasteiger charge is 2.26. The maximum Gasteiger partial charge on any atom is 0.123 e. The predicted molar refractivity (Wildman–Crippen MR) is 71.2 cm³/mol. The van der Waals surface area contributed by atoms with Gasteiger partial charge in [0.2, 0.25) is 0 Å². The highest BCUT2D eigenvalue weighted by Crippen LogP contribution is 2.29. The van der Waals surface area contributed by atoms with Gasteiger partial charge in [0.25, 0.3) is 0 Å². The van der Waals surface area contributed by atoms with Crippen molar-refractivity contribution in [3.05, 3.63) is 29.6 Å². The van der Waals surface area contributed by atoms with E-state index in [1.54, 1.807) is 6.07 Å². The zero-order chi connectivity index (χ0) is 13.1. The summed E-state index contributed by atoms with van der Waals surface area (Å²) in [6.45, 7) is 1.86. The average molecular weight is 252 g/mol. The Morgan fingerprint density at radius 3 is 2.89 bits per heavy atom. The molecular formula is C14H21FN2O. The number of nitrogens with zero attached hydrogens (tertiary/aromatic N) is 2. The van der Waals surface area contributed by atoms with Gasteiger partial charge in [-0.25, -0.2) is 4.39 Å². The van der Waals surface area contributed by atoms with Crippen LogP contribution in [0.15, 0.2) is 18.2 Å². The molecular weight excluding hydrogens is 231 g/mol. The standard InChI is InChI=1S/C14H21FN2O/c1-16(2)9-13-4-3-7-17(13)14-6-5-12(15)8-11(14)10-18/h5-6,8,13,18H,3-4,7,9-10H2,1-2H3. The lowest BCUT2D eigenvalue weighted by atomic mass is 10.1. The van der Waals surface area contributed by atoms with E-state index < -0.39 is 0 Å². The van der Waals surface area contributed by atoms with Crippen LogP contribution >= 0.6 is 0 Å². The van der Waals surface area contributed by atoms with Crippen molar-refractivity contribution in [2.45, 2.75) is 25.5 Å². The molecule has 1 aromatic rings. The molecule has 100 valence electrons. The number of aliphatic hydroxyl groups is 1. The van der Waals surface area contributed by atoms with Gasteiger partial charge < -0.3 is 14.9 Å². The smallest absolute Gasteiger partial charge is 0.123 e. The van der Waals surface area contributed by atoms with E-state index in [-0.39, 0.29) is 12.4 Å². The Balaban J connectivity index is 2.24. The molecule has 0 aromatic heterocycles. The van der Waals surface area contributed by atoms with Crippen molar-refractivity contribution in [1.29, 1.82) is 0 Å². The summed E-state index contributed by atoms with van der Waals surface area (Å²) >= 11 is 0. The summed E-state index contributed by atoms with van der Waals surface area (Å²) in [5, 5.41) is 9.37. The minimum absolute atomic E-state index is 0.113. The van der Waals surface area contributed by atoms with Gasteiger partial charge in [-0.1, -0.05) is 0 Å². The van der Waals surface area contributed by atoms with E-state index in [2.05, 4.69) is 23.9 Å². The van der Waals surface area contributed by atoms with Crippen LogP contribution in [0, 0.1) is 5.82 Å². The third-order valence-electron chi connectivity index (χ3n) is 3.47. The van der Waals surface area contributed by atoms with Crippen molar-refractivity contribution in [2.24, 2.45) is 0 Å². The number of likely N-dealkylation sites (N-methyl/N-ethyl adjacent to an activating group) is 1. The number of benzene rings is 1. The van der Waals surface area contributed by atoms with E-state index in [1.165, 1.54) is 12.1 Å². The highest BCUT2D eigenvalue weighted by atomic mass is 19.1. The maximum absolute atomic E-state index is 13.2. The molecule has 1 aliphatic rings. The Bertz CT molecular complexity index is 409. The monoisotopic (exact) mass is 252 g/mol. The molecule has 2 rings (SSSR count). The molecule has 1 atom stereocenters. The Morgan fingerprint density at radius 2 is 2.22 bits per heavy atom. The fraction of sp³-hybridized carbons (Fsp3) is 0.571. The van der Waals surface area contributed by atoms with E-state index in [9.17, 15) is 9.50 Å². The Hall–Kier alpha value is -1.13. The third-order valence-corrected chi connectivity index (χ3v) is 3.47. The lowest BCUT2D eigenvalue weighted by molar-refractivity contribution is 0.281. The van der Waals surface area contributed by atoms with Crippen LogP contribution in [0.1, 0.15) is 18.4 Å². The van der Waals surface area contributed by atoms with Crippen LogP contribution < -0.4 is 4.90 Å². The summed E-state index contributed by atoms with van der Waals surface area (Å²) in [6, 6.07) is 5.14. The average Bonchev–Trinajstić information content (AvgIpc) is 2.76. The summed E-state index contributed by atoms with van der Waals surface area (Å²) in [4.78, 5) is 4.47. The molecule has 0 amide bonds. The van der Waals surface area contributed by atoms with E-state index in [0.29, 0.717) is 11.6 Å². The van der Waals surface area contributed by atoms with Crippen molar-refractivity contribution < 1.29 is 9.50 Å². The summed E-state index contributed by atoms with van der Waals surface area (Å²) in [5.74, 6) is -0.286. The maximum atomic E-state index is 13.2. The zero-order valence-electron chi connectivity index (χ0n) is 11.1. The van der Waals surface area contributed by atoms with Crippen LogP contribution in [0.5, 0.6) is 0 Å². The third kappa shape index (κ3) is 2.82. The number of hydrogen-bond acceptors (Lipinski definition) is 3. The SMILES string of the molecule is CN(C)CC1CCCN1c1ccc(F)cc1CO. The first-order valence-corrected chi connectivity index (χ1v) is 6.42. The Kier molecular flexibility index (Phi) is 4.19. The molecule has 1 unspecified atom stereocenters. The summed E-state index contributed by atoms with van der Waals surface area (Å²) < 4.78 is 13.2. The van der Waals surface area contributed by atoms with Gasteiger partial charge in [-0.15, -0.1) is 0 Å². The van der Waals surface area contributed by atoms with Crippen LogP contribution in [-0.4, -0.2) is 43.2 Å². The first-order valence-electron chi connectivity index (χ1n) is 6.42. The van der Waals surface area contributed by atoms with Crippen molar-refractivity contribution >= 4 is 5.69 Å². The quantitative estimate of drug-likeness (QED) is 0.886. The van der Waals surface area contributed by atoms with Gasteiger partial charge in [0, 0.05) is 30.4 Å². The van der Waals surface area contributed by atoms with Gasteiger partial charge in [0.05, 0.1) is 6.61 Å². The molecule has 4 heteroatoms. The molecule has 1 heterocycles. The number of rotatable bonds is 4. The first kappa shape index (κ1) is 13.3. The molecule has 3 nitrogen and oxygen atoms in total. The molecule has 18 heavy (non-hydrogen) atoms. The summed E-state index contributed by atoms with van der Waals surface area (Å²) in [7, 11) is 4.13. The van der Waals surface area contributed by atoms with Crippen LogP contribution in [0.4, 0.5) is 10.1 Å². The van der Waals surface area contributed by atoms with Gasteiger partial charge >= 0.3 is 0 Å². The second-order valence-electron chi connectivity index (χ2n) is 5.18. The molecule has 0 spiro atoms. The van der Waals surface area contributed by atoms with Crippen molar-refractivity contribution in [3.63, 3.8) is 0 Å². The summed E-state index contributed by atoms with van der Waals surface area (Å²) in [5.41, 5.74) is 1.66. The second kappa shape index (κ2) is 5.67. The molecule has 1 fully saturated rings. The topological polar surface area (TPSA) is 26.7 Å². The van der Waals surface area contributed by atoms with E-state index in [4.69, 9.17) is 0 Å². The van der Waals surface area contributed by atoms with Crippen LogP contribution in [0.3, 0.4) is 0 Å². The van der Waals surface area contributed by atoms with Gasteiger partial charge in [-0.3, -0.25) is 0 Å². The van der Waals surface area contributed by atoms with Gasteiger partial charge in [-0.2, -0.15) is 0 Å². The van der Waals surface area contributed by atoms with Gasteiger partial charge in [0.15, 0.2) is 0 Å². The largest absolute Gasteiger partial charge is 0.392 e. The molecule has 1 N–H and O–H groups in total. The lowest BCUT2D eigenvalue weighted by Gasteiger charge is -2.30. The zero-order valence-corrected chi connectivity index (χ0v) is 11.1. The minimum Gasteiger partial charge on any atom is -0.392 e. The Morgan fingerprint density at radius 1 is 1.44 bits per heavy atom. The van der Waals surface area contributed by atoms with Crippen molar-refractivity contribution in [3.8, 4) is 0 Å². The molecule has 1 aliphatic heterocycles. The molecule has 0 bridgehead atoms. The number of anilines is 1. The van der Waals surface area contributed by atoms with Crippen molar-refractivity contribution in [2.75, 3.05) is 32.1 Å². The highest BCUT2D eigenvalue weighted by molar-refractivity contribution is 5.55. The molecule has 0 saturated carbocycles. The second-order valence-corrected chi connectivity index (χ2v) is 5.18. The van der Waals surface area contributed by atoms with E-state index >= 15 is 0 Å². The van der Waals surface area contributed by atoms with E-state index in [0.717, 1.165) is 31.6 Å². The first-order chi connectivity index (χ1) is 8.61. The van der Waals surface area contributed by atoms with Crippen LogP contribution in [0.25, 0.3) is 0 Å². The fourth-order valence-corrected chi connectivity index (χ4v) is 2.73.